The molecular weight excluding hydrogens is 350 g/mol. The van der Waals surface area contributed by atoms with Crippen molar-refractivity contribution in [3.8, 4) is 11.5 Å². The summed E-state index contributed by atoms with van der Waals surface area (Å²) in [5, 5.41) is 0. The maximum Gasteiger partial charge on any atom is 0.357 e. The number of fused-ring (bicyclic) bond motifs is 3. The van der Waals surface area contributed by atoms with Gasteiger partial charge in [-0.05, 0) is 25.1 Å². The minimum atomic E-state index is -0.378. The summed E-state index contributed by atoms with van der Waals surface area (Å²) in [7, 11) is 0. The monoisotopic (exact) mass is 367 g/mol. The van der Waals surface area contributed by atoms with Gasteiger partial charge in [-0.3, -0.25) is 4.40 Å². The van der Waals surface area contributed by atoms with E-state index in [9.17, 15) is 4.79 Å². The molecule has 0 spiro atoms. The van der Waals surface area contributed by atoms with Gasteiger partial charge < -0.3 is 15.2 Å². The van der Waals surface area contributed by atoms with E-state index in [2.05, 4.69) is 4.98 Å². The van der Waals surface area contributed by atoms with Crippen LogP contribution in [0.1, 0.15) is 23.0 Å². The van der Waals surface area contributed by atoms with Gasteiger partial charge in [0.1, 0.15) is 11.5 Å². The lowest BCUT2D eigenvalue weighted by molar-refractivity contribution is 0.0519. The van der Waals surface area contributed by atoms with E-state index in [-0.39, 0.29) is 5.97 Å². The summed E-state index contributed by atoms with van der Waals surface area (Å²) in [4.78, 5) is 17.2. The number of carbonyl (C=O) groups is 1. The van der Waals surface area contributed by atoms with Crippen molar-refractivity contribution in [1.82, 2.24) is 9.38 Å². The first-order valence-electron chi connectivity index (χ1n) is 8.24. The molecule has 26 heavy (non-hydrogen) atoms. The second-order valence-electron chi connectivity index (χ2n) is 5.63. The van der Waals surface area contributed by atoms with E-state index in [0.29, 0.717) is 24.6 Å². The maximum absolute atomic E-state index is 12.1. The smallest absolute Gasteiger partial charge is 0.357 e. The molecule has 6 nitrogen and oxygen atoms in total. The van der Waals surface area contributed by atoms with Gasteiger partial charge in [-0.1, -0.05) is 29.5 Å². The van der Waals surface area contributed by atoms with Gasteiger partial charge in [0.25, 0.3) is 0 Å². The predicted molar refractivity (Wildman–Crippen MR) is 101 cm³/mol. The zero-order valence-corrected chi connectivity index (χ0v) is 15.0. The Morgan fingerprint density at radius 2 is 2.12 bits per heavy atom. The number of imidazole rings is 1. The summed E-state index contributed by atoms with van der Waals surface area (Å²) in [5.41, 5.74) is 8.03. The number of thiazole rings is 1. The summed E-state index contributed by atoms with van der Waals surface area (Å²) in [5.74, 6) is 1.07. The lowest BCUT2D eigenvalue weighted by atomic mass is 10.2. The first-order chi connectivity index (χ1) is 12.7. The summed E-state index contributed by atoms with van der Waals surface area (Å²) in [6, 6.07) is 13.4. The molecule has 2 heterocycles. The number of esters is 1. The first-order valence-corrected chi connectivity index (χ1v) is 9.06. The Labute approximate surface area is 153 Å². The van der Waals surface area contributed by atoms with Crippen molar-refractivity contribution in [3.63, 3.8) is 0 Å². The molecule has 0 fully saturated rings. The second-order valence-corrected chi connectivity index (χ2v) is 6.64. The molecule has 2 aromatic carbocycles. The highest BCUT2D eigenvalue weighted by Crippen LogP contribution is 2.33. The molecule has 2 aromatic heterocycles. The molecule has 0 aliphatic carbocycles. The van der Waals surface area contributed by atoms with E-state index in [4.69, 9.17) is 15.2 Å². The number of aromatic nitrogens is 2. The van der Waals surface area contributed by atoms with Crippen molar-refractivity contribution in [3.05, 3.63) is 59.9 Å². The molecule has 0 saturated heterocycles. The average Bonchev–Trinajstić information content (AvgIpc) is 3.21. The number of nitrogens with zero attached hydrogens (tertiary/aromatic N) is 2. The molecule has 7 heteroatoms. The van der Waals surface area contributed by atoms with Gasteiger partial charge in [0.2, 0.25) is 0 Å². The number of hydrogen-bond donors (Lipinski definition) is 1. The molecule has 0 radical (unpaired) electrons. The second kappa shape index (κ2) is 6.78. The Balaban J connectivity index is 1.74. The third kappa shape index (κ3) is 2.81. The van der Waals surface area contributed by atoms with Crippen molar-refractivity contribution < 1.29 is 14.3 Å². The molecule has 0 saturated carbocycles. The van der Waals surface area contributed by atoms with Crippen LogP contribution in [0.3, 0.4) is 0 Å². The lowest BCUT2D eigenvalue weighted by Crippen LogP contribution is -2.07. The fraction of sp³-hybridized carbons (Fsp3) is 0.158. The summed E-state index contributed by atoms with van der Waals surface area (Å²) >= 11 is 1.49. The molecular formula is C19H17N3O3S. The van der Waals surface area contributed by atoms with Crippen molar-refractivity contribution in [2.75, 3.05) is 6.61 Å². The Morgan fingerprint density at radius 1 is 1.27 bits per heavy atom. The van der Waals surface area contributed by atoms with Gasteiger partial charge in [0.05, 0.1) is 23.0 Å². The molecule has 2 N–H and O–H groups in total. The van der Waals surface area contributed by atoms with E-state index in [1.807, 2.05) is 46.9 Å². The van der Waals surface area contributed by atoms with Gasteiger partial charge in [-0.2, -0.15) is 0 Å². The number of ether oxygens (including phenoxy) is 2. The summed E-state index contributed by atoms with van der Waals surface area (Å²) in [6.07, 6.45) is 1.55. The van der Waals surface area contributed by atoms with Crippen LogP contribution < -0.4 is 10.5 Å². The van der Waals surface area contributed by atoms with Crippen LogP contribution in [-0.4, -0.2) is 22.0 Å². The zero-order valence-electron chi connectivity index (χ0n) is 14.1. The van der Waals surface area contributed by atoms with Gasteiger partial charge in [0, 0.05) is 18.2 Å². The van der Waals surface area contributed by atoms with Gasteiger partial charge in [-0.25, -0.2) is 9.78 Å². The Morgan fingerprint density at radius 3 is 2.92 bits per heavy atom. The number of rotatable bonds is 5. The van der Waals surface area contributed by atoms with Crippen LogP contribution in [-0.2, 0) is 11.3 Å². The number of benzene rings is 2. The Bertz CT molecular complexity index is 1100. The summed E-state index contributed by atoms with van der Waals surface area (Å²) < 4.78 is 13.9. The van der Waals surface area contributed by atoms with E-state index in [0.717, 1.165) is 26.5 Å². The molecule has 0 bridgehead atoms. The molecule has 4 aromatic rings. The normalized spacial score (nSPS) is 11.2. The minimum Gasteiger partial charge on any atom is -0.461 e. The largest absolute Gasteiger partial charge is 0.461 e. The van der Waals surface area contributed by atoms with Crippen LogP contribution in [0.25, 0.3) is 15.2 Å². The van der Waals surface area contributed by atoms with Crippen LogP contribution in [0.15, 0.2) is 48.7 Å². The summed E-state index contributed by atoms with van der Waals surface area (Å²) in [6.45, 7) is 2.52. The van der Waals surface area contributed by atoms with Crippen molar-refractivity contribution in [2.45, 2.75) is 13.5 Å². The molecule has 0 unspecified atom stereocenters. The molecule has 0 aliphatic rings. The third-order valence-electron chi connectivity index (χ3n) is 4.01. The Hall–Kier alpha value is -2.90. The SMILES string of the molecule is CCOC(=O)c1cnc2sc3cc(Oc4ccccc4CN)ccc3n12. The topological polar surface area (TPSA) is 78.8 Å². The Kier molecular flexibility index (Phi) is 4.32. The van der Waals surface area contributed by atoms with Gasteiger partial charge in [-0.15, -0.1) is 0 Å². The van der Waals surface area contributed by atoms with Crippen LogP contribution >= 0.6 is 11.3 Å². The first kappa shape index (κ1) is 16.6. The fourth-order valence-electron chi connectivity index (χ4n) is 2.81. The maximum atomic E-state index is 12.1. The molecule has 0 atom stereocenters. The number of nitrogens with two attached hydrogens (primary N) is 1. The van der Waals surface area contributed by atoms with Crippen LogP contribution in [0.5, 0.6) is 11.5 Å². The third-order valence-corrected chi connectivity index (χ3v) is 5.03. The van der Waals surface area contributed by atoms with Crippen LogP contribution in [0, 0.1) is 0 Å². The highest BCUT2D eigenvalue weighted by atomic mass is 32.1. The molecule has 4 rings (SSSR count). The zero-order chi connectivity index (χ0) is 18.1. The standard InChI is InChI=1S/C19H17N3O3S/c1-2-24-18(23)15-11-21-19-22(15)14-8-7-13(9-17(14)26-19)25-16-6-4-3-5-12(16)10-20/h3-9,11H,2,10,20H2,1H3. The number of hydrogen-bond acceptors (Lipinski definition) is 6. The number of carbonyl (C=O) groups excluding carboxylic acids is 1. The quantitative estimate of drug-likeness (QED) is 0.540. The van der Waals surface area contributed by atoms with E-state index in [1.54, 1.807) is 13.1 Å². The van der Waals surface area contributed by atoms with E-state index >= 15 is 0 Å². The van der Waals surface area contributed by atoms with E-state index < -0.39 is 0 Å². The molecule has 0 aliphatic heterocycles. The number of para-hydroxylation sites is 1. The van der Waals surface area contributed by atoms with Crippen molar-refractivity contribution in [2.24, 2.45) is 5.73 Å². The van der Waals surface area contributed by atoms with Crippen molar-refractivity contribution in [1.29, 1.82) is 0 Å². The lowest BCUT2D eigenvalue weighted by Gasteiger charge is -2.09. The van der Waals surface area contributed by atoms with E-state index in [1.165, 1.54) is 11.3 Å². The minimum absolute atomic E-state index is 0.326. The van der Waals surface area contributed by atoms with Crippen LogP contribution in [0.4, 0.5) is 0 Å². The van der Waals surface area contributed by atoms with Crippen molar-refractivity contribution >= 4 is 32.5 Å². The predicted octanol–water partition coefficient (Wildman–Crippen LogP) is 3.98. The molecule has 132 valence electrons. The fourth-order valence-corrected chi connectivity index (χ4v) is 3.84. The van der Waals surface area contributed by atoms with Gasteiger partial charge >= 0.3 is 5.97 Å². The average molecular weight is 367 g/mol. The molecule has 0 amide bonds. The van der Waals surface area contributed by atoms with Gasteiger partial charge in [0.15, 0.2) is 10.7 Å². The highest BCUT2D eigenvalue weighted by Gasteiger charge is 2.17. The van der Waals surface area contributed by atoms with Crippen LogP contribution in [0.2, 0.25) is 0 Å². The highest BCUT2D eigenvalue weighted by molar-refractivity contribution is 7.23.